The number of nitrogens with one attached hydrogen (secondary N) is 2. The SMILES string of the molecule is COc1ncccc1NC(=O)C1CC12CCNCC2. The summed E-state index contributed by atoms with van der Waals surface area (Å²) in [5, 5.41) is 6.29. The molecule has 2 fully saturated rings. The van der Waals surface area contributed by atoms with E-state index in [4.69, 9.17) is 4.74 Å². The third-order valence-electron chi connectivity index (χ3n) is 4.33. The highest BCUT2D eigenvalue weighted by Gasteiger charge is 2.57. The maximum absolute atomic E-state index is 12.3. The highest BCUT2D eigenvalue weighted by Crippen LogP contribution is 2.58. The van der Waals surface area contributed by atoms with E-state index < -0.39 is 0 Å². The van der Waals surface area contributed by atoms with Gasteiger partial charge in [0, 0.05) is 12.1 Å². The topological polar surface area (TPSA) is 63.2 Å². The molecule has 1 aliphatic carbocycles. The van der Waals surface area contributed by atoms with E-state index in [1.54, 1.807) is 19.4 Å². The molecule has 1 atom stereocenters. The van der Waals surface area contributed by atoms with Crippen LogP contribution >= 0.6 is 0 Å². The first-order valence-electron chi connectivity index (χ1n) is 6.76. The van der Waals surface area contributed by atoms with Crippen molar-refractivity contribution in [1.29, 1.82) is 0 Å². The van der Waals surface area contributed by atoms with Crippen molar-refractivity contribution in [1.82, 2.24) is 10.3 Å². The Bertz CT molecular complexity index is 483. The van der Waals surface area contributed by atoms with Crippen molar-refractivity contribution in [3.05, 3.63) is 18.3 Å². The summed E-state index contributed by atoms with van der Waals surface area (Å²) in [4.78, 5) is 16.4. The van der Waals surface area contributed by atoms with E-state index in [0.717, 1.165) is 32.4 Å². The number of pyridine rings is 1. The molecular formula is C14H19N3O2. The zero-order valence-electron chi connectivity index (χ0n) is 11.1. The number of piperidine rings is 1. The minimum Gasteiger partial charge on any atom is -0.480 e. The number of aromatic nitrogens is 1. The lowest BCUT2D eigenvalue weighted by atomic mass is 9.92. The second-order valence-electron chi connectivity index (χ2n) is 5.42. The molecule has 1 aliphatic heterocycles. The van der Waals surface area contributed by atoms with Gasteiger partial charge in [0.2, 0.25) is 11.8 Å². The molecule has 0 bridgehead atoms. The Kier molecular flexibility index (Phi) is 3.14. The Labute approximate surface area is 112 Å². The minimum atomic E-state index is 0.105. The van der Waals surface area contributed by atoms with E-state index in [0.29, 0.717) is 11.6 Å². The van der Waals surface area contributed by atoms with Gasteiger partial charge in [-0.25, -0.2) is 4.98 Å². The molecule has 5 heteroatoms. The fourth-order valence-corrected chi connectivity index (χ4v) is 3.06. The normalized spacial score (nSPS) is 23.9. The molecule has 1 unspecified atom stereocenters. The van der Waals surface area contributed by atoms with Crippen LogP contribution in [0.15, 0.2) is 18.3 Å². The third-order valence-corrected chi connectivity index (χ3v) is 4.33. The van der Waals surface area contributed by atoms with Crippen molar-refractivity contribution < 1.29 is 9.53 Å². The van der Waals surface area contributed by atoms with Crippen LogP contribution in [0.2, 0.25) is 0 Å². The molecule has 0 aromatic carbocycles. The fourth-order valence-electron chi connectivity index (χ4n) is 3.06. The first-order valence-corrected chi connectivity index (χ1v) is 6.76. The predicted molar refractivity (Wildman–Crippen MR) is 72.1 cm³/mol. The van der Waals surface area contributed by atoms with Gasteiger partial charge in [-0.3, -0.25) is 4.79 Å². The molecule has 2 heterocycles. The number of anilines is 1. The van der Waals surface area contributed by atoms with E-state index in [1.807, 2.05) is 6.07 Å². The quantitative estimate of drug-likeness (QED) is 0.863. The summed E-state index contributed by atoms with van der Waals surface area (Å²) in [5.74, 6) is 0.726. The zero-order valence-corrected chi connectivity index (χ0v) is 11.1. The zero-order chi connectivity index (χ0) is 13.3. The van der Waals surface area contributed by atoms with Crippen LogP contribution in [0, 0.1) is 11.3 Å². The van der Waals surface area contributed by atoms with Crippen molar-refractivity contribution in [2.45, 2.75) is 19.3 Å². The molecule has 19 heavy (non-hydrogen) atoms. The van der Waals surface area contributed by atoms with Crippen LogP contribution in [0.4, 0.5) is 5.69 Å². The molecule has 1 aromatic heterocycles. The molecule has 1 saturated carbocycles. The van der Waals surface area contributed by atoms with Gasteiger partial charge in [0.1, 0.15) is 5.69 Å². The molecule has 2 aliphatic rings. The molecule has 2 N–H and O–H groups in total. The van der Waals surface area contributed by atoms with E-state index in [1.165, 1.54) is 0 Å². The Morgan fingerprint density at radius 2 is 2.32 bits per heavy atom. The fraction of sp³-hybridized carbons (Fsp3) is 0.571. The van der Waals surface area contributed by atoms with Crippen molar-refractivity contribution in [3.8, 4) is 5.88 Å². The largest absolute Gasteiger partial charge is 0.480 e. The number of nitrogens with zero attached hydrogens (tertiary/aromatic N) is 1. The van der Waals surface area contributed by atoms with Crippen molar-refractivity contribution in [2.75, 3.05) is 25.5 Å². The van der Waals surface area contributed by atoms with Crippen molar-refractivity contribution in [2.24, 2.45) is 11.3 Å². The predicted octanol–water partition coefficient (Wildman–Crippen LogP) is 1.42. The monoisotopic (exact) mass is 261 g/mol. The number of hydrogen-bond acceptors (Lipinski definition) is 4. The second kappa shape index (κ2) is 4.81. The van der Waals surface area contributed by atoms with Crippen molar-refractivity contribution in [3.63, 3.8) is 0 Å². The van der Waals surface area contributed by atoms with Gasteiger partial charge in [0.25, 0.3) is 0 Å². The van der Waals surface area contributed by atoms with Gasteiger partial charge < -0.3 is 15.4 Å². The number of hydrogen-bond donors (Lipinski definition) is 2. The van der Waals surface area contributed by atoms with Crippen LogP contribution in [0.5, 0.6) is 5.88 Å². The lowest BCUT2D eigenvalue weighted by Crippen LogP contribution is -2.31. The standard InChI is InChI=1S/C14H19N3O2/c1-19-13-11(3-2-6-16-13)17-12(18)10-9-14(10)4-7-15-8-5-14/h2-3,6,10,15H,4-5,7-9H2,1H3,(H,17,18). The van der Waals surface area contributed by atoms with Crippen LogP contribution in [-0.2, 0) is 4.79 Å². The number of carbonyl (C=O) groups is 1. The summed E-state index contributed by atoms with van der Waals surface area (Å²) < 4.78 is 5.15. The van der Waals surface area contributed by atoms with Gasteiger partial charge in [-0.15, -0.1) is 0 Å². The summed E-state index contributed by atoms with van der Waals surface area (Å²) in [6.45, 7) is 2.06. The molecule has 5 nitrogen and oxygen atoms in total. The van der Waals surface area contributed by atoms with Gasteiger partial charge in [-0.05, 0) is 49.9 Å². The number of ether oxygens (including phenoxy) is 1. The number of methoxy groups -OCH3 is 1. The Balaban J connectivity index is 1.66. The summed E-state index contributed by atoms with van der Waals surface area (Å²) in [6.07, 6.45) is 4.88. The summed E-state index contributed by atoms with van der Waals surface area (Å²) in [5.41, 5.74) is 0.913. The van der Waals surface area contributed by atoms with Gasteiger partial charge >= 0.3 is 0 Å². The third kappa shape index (κ3) is 2.30. The summed E-state index contributed by atoms with van der Waals surface area (Å²) in [6, 6.07) is 3.62. The van der Waals surface area contributed by atoms with E-state index in [9.17, 15) is 4.79 Å². The van der Waals surface area contributed by atoms with Gasteiger partial charge in [-0.2, -0.15) is 0 Å². The molecule has 3 rings (SSSR count). The first-order chi connectivity index (χ1) is 9.25. The lowest BCUT2D eigenvalue weighted by molar-refractivity contribution is -0.118. The Hall–Kier alpha value is -1.62. The Morgan fingerprint density at radius 1 is 1.53 bits per heavy atom. The second-order valence-corrected chi connectivity index (χ2v) is 5.42. The van der Waals surface area contributed by atoms with Crippen LogP contribution in [0.1, 0.15) is 19.3 Å². The van der Waals surface area contributed by atoms with E-state index in [-0.39, 0.29) is 17.2 Å². The van der Waals surface area contributed by atoms with Crippen LogP contribution in [0.3, 0.4) is 0 Å². The van der Waals surface area contributed by atoms with Gasteiger partial charge in [0.05, 0.1) is 7.11 Å². The molecule has 1 spiro atoms. The Morgan fingerprint density at radius 3 is 3.05 bits per heavy atom. The summed E-state index contributed by atoms with van der Waals surface area (Å²) >= 11 is 0. The molecule has 1 amide bonds. The maximum Gasteiger partial charge on any atom is 0.237 e. The highest BCUT2D eigenvalue weighted by molar-refractivity contribution is 5.96. The molecule has 1 aromatic rings. The maximum atomic E-state index is 12.3. The van der Waals surface area contributed by atoms with Gasteiger partial charge in [-0.1, -0.05) is 0 Å². The lowest BCUT2D eigenvalue weighted by Gasteiger charge is -2.23. The van der Waals surface area contributed by atoms with Crippen LogP contribution in [0.25, 0.3) is 0 Å². The molecular weight excluding hydrogens is 242 g/mol. The minimum absolute atomic E-state index is 0.105. The molecule has 1 saturated heterocycles. The highest BCUT2D eigenvalue weighted by atomic mass is 16.5. The molecule has 102 valence electrons. The number of carbonyl (C=O) groups excluding carboxylic acids is 1. The van der Waals surface area contributed by atoms with E-state index >= 15 is 0 Å². The molecule has 0 radical (unpaired) electrons. The summed E-state index contributed by atoms with van der Waals surface area (Å²) in [7, 11) is 1.56. The number of rotatable bonds is 3. The van der Waals surface area contributed by atoms with Crippen LogP contribution < -0.4 is 15.4 Å². The number of amides is 1. The first kappa shape index (κ1) is 12.4. The smallest absolute Gasteiger partial charge is 0.237 e. The van der Waals surface area contributed by atoms with E-state index in [2.05, 4.69) is 15.6 Å². The average Bonchev–Trinajstić information content (AvgIpc) is 3.14. The average molecular weight is 261 g/mol. The van der Waals surface area contributed by atoms with Crippen LogP contribution in [-0.4, -0.2) is 31.1 Å². The van der Waals surface area contributed by atoms with Gasteiger partial charge in [0.15, 0.2) is 0 Å². The van der Waals surface area contributed by atoms with Crippen molar-refractivity contribution >= 4 is 11.6 Å².